The number of aryl methyl sites for hydroxylation is 1. The average Bonchev–Trinajstić information content (AvgIpc) is 2.63. The minimum absolute atomic E-state index is 0.0143. The number of hydrogen-bond acceptors (Lipinski definition) is 3. The molecule has 1 aromatic rings. The number of carbonyl (C=O) groups excluding carboxylic acids is 1. The molecule has 0 saturated heterocycles. The molecule has 0 fully saturated rings. The molecule has 0 spiro atoms. The Kier molecular flexibility index (Phi) is 5.56. The van der Waals surface area contributed by atoms with Gasteiger partial charge in [-0.1, -0.05) is 0 Å². The first-order chi connectivity index (χ1) is 7.72. The van der Waals surface area contributed by atoms with Crippen molar-refractivity contribution in [1.29, 1.82) is 0 Å². The SMILES string of the molecule is CCOCCCNC(=O)Cn1cc(C)cn1. The van der Waals surface area contributed by atoms with E-state index in [-0.39, 0.29) is 12.5 Å². The second-order valence-corrected chi connectivity index (χ2v) is 3.62. The molecule has 16 heavy (non-hydrogen) atoms. The van der Waals surface area contributed by atoms with Gasteiger partial charge in [-0.15, -0.1) is 0 Å². The molecular formula is C11H19N3O2. The third-order valence-corrected chi connectivity index (χ3v) is 2.06. The van der Waals surface area contributed by atoms with Gasteiger partial charge in [0.05, 0.1) is 6.20 Å². The molecule has 90 valence electrons. The summed E-state index contributed by atoms with van der Waals surface area (Å²) in [5.74, 6) is -0.0143. The number of nitrogens with zero attached hydrogens (tertiary/aromatic N) is 2. The second kappa shape index (κ2) is 7.00. The Balaban J connectivity index is 2.11. The van der Waals surface area contributed by atoms with Crippen molar-refractivity contribution in [1.82, 2.24) is 15.1 Å². The van der Waals surface area contributed by atoms with Gasteiger partial charge in [0.25, 0.3) is 0 Å². The van der Waals surface area contributed by atoms with Crippen LogP contribution in [0.4, 0.5) is 0 Å². The van der Waals surface area contributed by atoms with Gasteiger partial charge in [0.1, 0.15) is 6.54 Å². The third-order valence-electron chi connectivity index (χ3n) is 2.06. The first-order valence-corrected chi connectivity index (χ1v) is 5.56. The van der Waals surface area contributed by atoms with E-state index in [0.29, 0.717) is 13.2 Å². The molecule has 0 aliphatic heterocycles. The Morgan fingerprint density at radius 3 is 3.06 bits per heavy atom. The molecule has 0 radical (unpaired) electrons. The van der Waals surface area contributed by atoms with E-state index in [4.69, 9.17) is 4.74 Å². The van der Waals surface area contributed by atoms with Crippen molar-refractivity contribution in [2.24, 2.45) is 0 Å². The molecule has 1 amide bonds. The Morgan fingerprint density at radius 2 is 2.44 bits per heavy atom. The zero-order valence-corrected chi connectivity index (χ0v) is 9.90. The lowest BCUT2D eigenvalue weighted by Crippen LogP contribution is -2.29. The van der Waals surface area contributed by atoms with Crippen LogP contribution in [0.25, 0.3) is 0 Å². The van der Waals surface area contributed by atoms with E-state index in [1.165, 1.54) is 0 Å². The van der Waals surface area contributed by atoms with Crippen LogP contribution in [0.3, 0.4) is 0 Å². The highest BCUT2D eigenvalue weighted by Crippen LogP contribution is 1.93. The van der Waals surface area contributed by atoms with Crippen molar-refractivity contribution in [3.05, 3.63) is 18.0 Å². The summed E-state index contributed by atoms with van der Waals surface area (Å²) in [6, 6.07) is 0. The molecule has 0 aliphatic carbocycles. The Bertz CT molecular complexity index is 323. The highest BCUT2D eigenvalue weighted by molar-refractivity contribution is 5.75. The molecule has 0 unspecified atom stereocenters. The lowest BCUT2D eigenvalue weighted by atomic mass is 10.4. The number of rotatable bonds is 7. The summed E-state index contributed by atoms with van der Waals surface area (Å²) in [4.78, 5) is 11.4. The van der Waals surface area contributed by atoms with Gasteiger partial charge in [0.15, 0.2) is 0 Å². The third kappa shape index (κ3) is 4.93. The number of ether oxygens (including phenoxy) is 1. The van der Waals surface area contributed by atoms with E-state index in [1.807, 2.05) is 20.0 Å². The molecule has 1 rings (SSSR count). The molecule has 1 heterocycles. The summed E-state index contributed by atoms with van der Waals surface area (Å²) >= 11 is 0. The van der Waals surface area contributed by atoms with Crippen LogP contribution >= 0.6 is 0 Å². The fraction of sp³-hybridized carbons (Fsp3) is 0.636. The van der Waals surface area contributed by atoms with Gasteiger partial charge in [-0.2, -0.15) is 5.10 Å². The van der Waals surface area contributed by atoms with Crippen molar-refractivity contribution in [2.45, 2.75) is 26.8 Å². The van der Waals surface area contributed by atoms with Crippen molar-refractivity contribution < 1.29 is 9.53 Å². The van der Waals surface area contributed by atoms with Gasteiger partial charge in [-0.25, -0.2) is 0 Å². The summed E-state index contributed by atoms with van der Waals surface area (Å²) in [5.41, 5.74) is 1.06. The monoisotopic (exact) mass is 225 g/mol. The largest absolute Gasteiger partial charge is 0.382 e. The van der Waals surface area contributed by atoms with Crippen LogP contribution in [0.2, 0.25) is 0 Å². The fourth-order valence-electron chi connectivity index (χ4n) is 1.30. The fourth-order valence-corrected chi connectivity index (χ4v) is 1.30. The summed E-state index contributed by atoms with van der Waals surface area (Å²) < 4.78 is 6.80. The maximum absolute atomic E-state index is 11.4. The molecule has 5 nitrogen and oxygen atoms in total. The molecule has 0 aliphatic rings. The lowest BCUT2D eigenvalue weighted by Gasteiger charge is -2.05. The molecule has 0 bridgehead atoms. The van der Waals surface area contributed by atoms with Gasteiger partial charge in [-0.05, 0) is 25.8 Å². The van der Waals surface area contributed by atoms with E-state index in [9.17, 15) is 4.79 Å². The smallest absolute Gasteiger partial charge is 0.241 e. The minimum Gasteiger partial charge on any atom is -0.382 e. The van der Waals surface area contributed by atoms with E-state index in [2.05, 4.69) is 10.4 Å². The maximum atomic E-state index is 11.4. The number of amides is 1. The second-order valence-electron chi connectivity index (χ2n) is 3.62. The van der Waals surface area contributed by atoms with Crippen LogP contribution in [0.15, 0.2) is 12.4 Å². The molecule has 0 atom stereocenters. The highest BCUT2D eigenvalue weighted by Gasteiger charge is 2.02. The molecule has 0 saturated carbocycles. The molecule has 0 aromatic carbocycles. The van der Waals surface area contributed by atoms with Crippen LogP contribution in [0, 0.1) is 6.92 Å². The maximum Gasteiger partial charge on any atom is 0.241 e. The summed E-state index contributed by atoms with van der Waals surface area (Å²) in [6.07, 6.45) is 4.43. The Hall–Kier alpha value is -1.36. The van der Waals surface area contributed by atoms with Gasteiger partial charge in [0, 0.05) is 26.0 Å². The number of carbonyl (C=O) groups is 1. The standard InChI is InChI=1S/C11H19N3O2/c1-3-16-6-4-5-12-11(15)9-14-8-10(2)7-13-14/h7-8H,3-6,9H2,1-2H3,(H,12,15). The topological polar surface area (TPSA) is 56.1 Å². The van der Waals surface area contributed by atoms with Crippen molar-refractivity contribution in [3.8, 4) is 0 Å². The van der Waals surface area contributed by atoms with E-state index < -0.39 is 0 Å². The number of nitrogens with one attached hydrogen (secondary N) is 1. The highest BCUT2D eigenvalue weighted by atomic mass is 16.5. The van der Waals surface area contributed by atoms with Gasteiger partial charge >= 0.3 is 0 Å². The van der Waals surface area contributed by atoms with E-state index >= 15 is 0 Å². The van der Waals surface area contributed by atoms with Crippen LogP contribution in [0.1, 0.15) is 18.9 Å². The van der Waals surface area contributed by atoms with Gasteiger partial charge < -0.3 is 10.1 Å². The van der Waals surface area contributed by atoms with Crippen molar-refractivity contribution in [3.63, 3.8) is 0 Å². The van der Waals surface area contributed by atoms with Crippen LogP contribution < -0.4 is 5.32 Å². The van der Waals surface area contributed by atoms with E-state index in [0.717, 1.165) is 18.6 Å². The first kappa shape index (κ1) is 12.7. The normalized spacial score (nSPS) is 10.4. The summed E-state index contributed by atoms with van der Waals surface area (Å²) in [7, 11) is 0. The minimum atomic E-state index is -0.0143. The summed E-state index contributed by atoms with van der Waals surface area (Å²) in [6.45, 7) is 6.25. The van der Waals surface area contributed by atoms with Crippen molar-refractivity contribution in [2.75, 3.05) is 19.8 Å². The quantitative estimate of drug-likeness (QED) is 0.696. The van der Waals surface area contributed by atoms with Crippen molar-refractivity contribution >= 4 is 5.91 Å². The summed E-state index contributed by atoms with van der Waals surface area (Å²) in [5, 5.41) is 6.86. The Morgan fingerprint density at radius 1 is 1.62 bits per heavy atom. The van der Waals surface area contributed by atoms with E-state index in [1.54, 1.807) is 10.9 Å². The molecule has 1 N–H and O–H groups in total. The molecule has 5 heteroatoms. The zero-order chi connectivity index (χ0) is 11.8. The predicted octanol–water partition coefficient (Wildman–Crippen LogP) is 0.734. The number of aromatic nitrogens is 2. The first-order valence-electron chi connectivity index (χ1n) is 5.56. The Labute approximate surface area is 95.8 Å². The number of hydrogen-bond donors (Lipinski definition) is 1. The zero-order valence-electron chi connectivity index (χ0n) is 9.90. The molecular weight excluding hydrogens is 206 g/mol. The molecule has 1 aromatic heterocycles. The lowest BCUT2D eigenvalue weighted by molar-refractivity contribution is -0.121. The average molecular weight is 225 g/mol. The van der Waals surface area contributed by atoms with Crippen LogP contribution in [0.5, 0.6) is 0 Å². The van der Waals surface area contributed by atoms with Crippen LogP contribution in [-0.4, -0.2) is 35.4 Å². The van der Waals surface area contributed by atoms with Crippen LogP contribution in [-0.2, 0) is 16.1 Å². The van der Waals surface area contributed by atoms with Gasteiger partial charge in [0.2, 0.25) is 5.91 Å². The predicted molar refractivity (Wildman–Crippen MR) is 61.1 cm³/mol. The van der Waals surface area contributed by atoms with Gasteiger partial charge in [-0.3, -0.25) is 9.48 Å².